The van der Waals surface area contributed by atoms with Crippen LogP contribution in [-0.2, 0) is 78.1 Å². The normalized spacial score (nSPS) is 22.6. The Morgan fingerprint density at radius 3 is 2.06 bits per heavy atom. The van der Waals surface area contributed by atoms with Gasteiger partial charge in [0.15, 0.2) is 23.4 Å². The molecule has 1 aromatic carbocycles. The number of aliphatic carboxylic acids is 1. The molecule has 4 unspecified atom stereocenters. The van der Waals surface area contributed by atoms with E-state index in [4.69, 9.17) is 28.4 Å². The number of likely N-dealkylation sites (N-methyl/N-ethyl adjacent to an activating group) is 1. The van der Waals surface area contributed by atoms with E-state index in [1.54, 1.807) is 18.0 Å². The minimum atomic E-state index is -1.13. The number of thiazole rings is 1. The second-order valence-electron chi connectivity index (χ2n) is 24.1. The quantitative estimate of drug-likeness (QED) is 0.0783. The molecule has 6 amide bonds. The molecule has 4 heterocycles. The number of hydrogen-bond acceptors (Lipinski definition) is 22. The van der Waals surface area contributed by atoms with Gasteiger partial charge in [-0.1, -0.05) is 53.5 Å². The van der Waals surface area contributed by atoms with Crippen LogP contribution in [0.4, 0.5) is 5.69 Å². The van der Waals surface area contributed by atoms with E-state index < -0.39 is 88.0 Å². The zero-order valence-corrected chi connectivity index (χ0v) is 57.5. The van der Waals surface area contributed by atoms with Gasteiger partial charge in [-0.05, 0) is 75.7 Å². The molecule has 10 atom stereocenters. The maximum absolute atomic E-state index is 14.5. The molecule has 93 heavy (non-hydrogen) atoms. The van der Waals surface area contributed by atoms with E-state index in [1.165, 1.54) is 61.8 Å². The number of carbonyl (C=O) groups excluding carboxylic acids is 10. The number of likely N-dealkylation sites (tertiary alicyclic amines) is 1. The van der Waals surface area contributed by atoms with Crippen molar-refractivity contribution in [1.29, 1.82) is 0 Å². The fourth-order valence-corrected chi connectivity index (χ4v) is 14.8. The van der Waals surface area contributed by atoms with E-state index in [2.05, 4.69) is 36.5 Å². The van der Waals surface area contributed by atoms with E-state index >= 15 is 0 Å². The van der Waals surface area contributed by atoms with Crippen LogP contribution in [0.3, 0.4) is 0 Å². The van der Waals surface area contributed by atoms with Gasteiger partial charge in [-0.3, -0.25) is 57.6 Å². The smallest absolute Gasteiger partial charge is 0.313 e. The number of benzene rings is 1. The molecule has 2 aromatic rings. The van der Waals surface area contributed by atoms with Crippen LogP contribution in [0.5, 0.6) is 5.75 Å². The van der Waals surface area contributed by atoms with E-state index in [0.29, 0.717) is 17.1 Å². The zero-order chi connectivity index (χ0) is 68.1. The molecule has 0 bridgehead atoms. The predicted octanol–water partition coefficient (Wildman–Crippen LogP) is 5.14. The molecule has 0 spiro atoms. The standard InChI is InChI=1S/C64H96N8O18S3/c1-10-39(4)45(34-51(75)48-13-11-12-22-71(48)8)63(82)72(9)49(38(2)3)35-53(89-42(7)73)62-70-47(36-91-62)59(79)68-44(31-40(5)64(83)84)32-43-14-16-52-46(33-43)69-54(76)17-15-50(74)41(6)67-55(77)18-23-85-27-29-87-25-20-65-60(80)57-58(93-37-92-57)61(81)66-21-26-88-30-28-86-24-19-56(78)90-52/h14,16,33,36,38-41,44-45,48-49,53,57-58H,10-13,15,17-32,34-35,37H2,1-9H3,(H,65,80)(H,66,81)(H,67,77)(H,68,79)(H,69,76)(H,83,84)/t39-,40?,41?,44+,45-,48+,49+,53+,57?,58?/m0/s1. The number of carboxylic acids is 1. The van der Waals surface area contributed by atoms with Crippen LogP contribution in [0.15, 0.2) is 23.6 Å². The Hall–Kier alpha value is -6.08. The summed E-state index contributed by atoms with van der Waals surface area (Å²) >= 11 is 3.83. The fraction of sp³-hybridized carbons (Fsp3) is 0.688. The summed E-state index contributed by atoms with van der Waals surface area (Å²) in [5, 5.41) is 25.1. The molecule has 0 aliphatic carbocycles. The van der Waals surface area contributed by atoms with Crippen molar-refractivity contribution in [2.24, 2.45) is 23.7 Å². The van der Waals surface area contributed by atoms with Crippen molar-refractivity contribution >= 4 is 105 Å². The lowest BCUT2D eigenvalue weighted by Gasteiger charge is -2.37. The van der Waals surface area contributed by atoms with Crippen LogP contribution in [0.2, 0.25) is 0 Å². The van der Waals surface area contributed by atoms with Gasteiger partial charge >= 0.3 is 17.9 Å². The topological polar surface area (TPSA) is 343 Å². The minimum Gasteiger partial charge on any atom is -0.481 e. The SMILES string of the molecule is CC[C@H](C)[C@H](CC(=O)[C@H]1CCCCN1C)C(=O)N(C)[C@H](C[C@@H](OC(C)=O)c1nc(C(=O)N[C@@H](Cc2ccc3c(c2)NC(=O)CCC(=O)C(C)NC(=O)CCOCCOCCNC(=O)C2SCSC2C(=O)NCCOCCOCCC(=O)O3)CC(C)C(=O)O)cs1)C(C)C. The number of hydrogen-bond donors (Lipinski definition) is 6. The van der Waals surface area contributed by atoms with Gasteiger partial charge in [0, 0.05) is 87.6 Å². The summed E-state index contributed by atoms with van der Waals surface area (Å²) < 4.78 is 33.9. The number of piperidine rings is 1. The number of fused-ring (bicyclic) bond motifs is 2. The second-order valence-corrected chi connectivity index (χ2v) is 27.6. The van der Waals surface area contributed by atoms with Crippen LogP contribution >= 0.6 is 34.9 Å². The van der Waals surface area contributed by atoms with Crippen LogP contribution in [0, 0.1) is 23.7 Å². The van der Waals surface area contributed by atoms with Crippen molar-refractivity contribution in [3.05, 3.63) is 39.8 Å². The lowest BCUT2D eigenvalue weighted by Crippen LogP contribution is -2.48. The highest BCUT2D eigenvalue weighted by atomic mass is 32.2. The first-order valence-corrected chi connectivity index (χ1v) is 35.1. The van der Waals surface area contributed by atoms with Crippen molar-refractivity contribution in [2.75, 3.05) is 97.0 Å². The summed E-state index contributed by atoms with van der Waals surface area (Å²) in [5.41, 5.74) is 0.443. The number of carbonyl (C=O) groups is 11. The lowest BCUT2D eigenvalue weighted by molar-refractivity contribution is -0.150. The molecule has 3 aliphatic rings. The number of ketones is 2. The van der Waals surface area contributed by atoms with E-state index in [9.17, 15) is 57.8 Å². The van der Waals surface area contributed by atoms with Gasteiger partial charge in [-0.15, -0.1) is 34.9 Å². The molecule has 29 heteroatoms. The van der Waals surface area contributed by atoms with Gasteiger partial charge in [-0.2, -0.15) is 0 Å². The third-order valence-corrected chi connectivity index (χ3v) is 20.4. The summed E-state index contributed by atoms with van der Waals surface area (Å²) in [6, 6.07) is 1.98. The third-order valence-electron chi connectivity index (χ3n) is 16.5. The van der Waals surface area contributed by atoms with E-state index in [-0.39, 0.29) is 181 Å². The second kappa shape index (κ2) is 40.3. The molecular formula is C64H96N8O18S3. The Kier molecular flexibility index (Phi) is 33.7. The molecule has 0 saturated carbocycles. The maximum Gasteiger partial charge on any atom is 0.313 e. The first kappa shape index (κ1) is 77.6. The van der Waals surface area contributed by atoms with Crippen molar-refractivity contribution < 1.29 is 86.3 Å². The predicted molar refractivity (Wildman–Crippen MR) is 351 cm³/mol. The van der Waals surface area contributed by atoms with Crippen LogP contribution in [-0.4, -0.2) is 211 Å². The van der Waals surface area contributed by atoms with Gasteiger partial charge in [0.2, 0.25) is 29.5 Å². The average Bonchev–Trinajstić information content (AvgIpc) is 1.77. The number of aromatic nitrogens is 1. The molecule has 3 aliphatic heterocycles. The number of amides is 6. The Labute approximate surface area is 557 Å². The number of nitrogens with one attached hydrogen (secondary N) is 5. The number of thioether (sulfide) groups is 2. The number of rotatable bonds is 19. The fourth-order valence-electron chi connectivity index (χ4n) is 10.9. The molecule has 1 aromatic heterocycles. The number of anilines is 1. The minimum absolute atomic E-state index is 0.000709. The summed E-state index contributed by atoms with van der Waals surface area (Å²) in [6.45, 7) is 14.3. The van der Waals surface area contributed by atoms with Crippen LogP contribution < -0.4 is 31.3 Å². The van der Waals surface area contributed by atoms with Gasteiger partial charge in [0.1, 0.15) is 21.2 Å². The highest BCUT2D eigenvalue weighted by molar-refractivity contribution is 8.20. The van der Waals surface area contributed by atoms with Crippen LogP contribution in [0.1, 0.15) is 146 Å². The first-order chi connectivity index (χ1) is 44.4. The molecular weight excluding hydrogens is 1260 g/mol. The van der Waals surface area contributed by atoms with Crippen LogP contribution in [0.25, 0.3) is 0 Å². The van der Waals surface area contributed by atoms with Gasteiger partial charge < -0.3 is 65.0 Å². The van der Waals surface area contributed by atoms with Crippen molar-refractivity contribution in [1.82, 2.24) is 36.1 Å². The van der Waals surface area contributed by atoms with Gasteiger partial charge in [0.05, 0.1) is 83.0 Å². The van der Waals surface area contributed by atoms with Gasteiger partial charge in [0.25, 0.3) is 5.91 Å². The van der Waals surface area contributed by atoms with Crippen molar-refractivity contribution in [3.63, 3.8) is 0 Å². The number of carboxylic acid groups (broad SMARTS) is 1. The monoisotopic (exact) mass is 1360 g/mol. The molecule has 5 rings (SSSR count). The molecule has 2 fully saturated rings. The largest absolute Gasteiger partial charge is 0.481 e. The number of nitrogens with zero attached hydrogens (tertiary/aromatic N) is 3. The Bertz CT molecular complexity index is 2840. The van der Waals surface area contributed by atoms with E-state index in [0.717, 1.165) is 37.1 Å². The van der Waals surface area contributed by atoms with E-state index in [1.807, 2.05) is 34.7 Å². The summed E-state index contributed by atoms with van der Waals surface area (Å²) in [7, 11) is 3.65. The molecule has 0 radical (unpaired) electrons. The lowest BCUT2D eigenvalue weighted by atomic mass is 9.83. The number of esters is 2. The Morgan fingerprint density at radius 1 is 0.828 bits per heavy atom. The number of Topliss-reactive ketones (excluding diaryl/α,β-unsaturated/α-hetero) is 2. The average molecular weight is 1360 g/mol. The number of ether oxygens (including phenoxy) is 6. The molecule has 518 valence electrons. The maximum atomic E-state index is 14.5. The first-order valence-electron chi connectivity index (χ1n) is 32.1. The molecule has 2 saturated heterocycles. The molecule has 6 N–H and O–H groups in total. The van der Waals surface area contributed by atoms with Crippen molar-refractivity contribution in [3.8, 4) is 5.75 Å². The highest BCUT2D eigenvalue weighted by Gasteiger charge is 2.40. The zero-order valence-electron chi connectivity index (χ0n) is 55.1. The summed E-state index contributed by atoms with van der Waals surface area (Å²) in [6.07, 6.45) is 1.70. The third kappa shape index (κ3) is 26.2. The van der Waals surface area contributed by atoms with Gasteiger partial charge in [-0.25, -0.2) is 4.98 Å². The summed E-state index contributed by atoms with van der Waals surface area (Å²) in [5.74, 6) is -7.20. The molecule has 26 nitrogen and oxygen atoms in total. The Balaban J connectivity index is 1.30. The Morgan fingerprint density at radius 2 is 1.46 bits per heavy atom. The highest BCUT2D eigenvalue weighted by Crippen LogP contribution is 2.37. The summed E-state index contributed by atoms with van der Waals surface area (Å²) in [4.78, 5) is 155. The van der Waals surface area contributed by atoms with Crippen molar-refractivity contribution in [2.45, 2.75) is 166 Å².